The summed E-state index contributed by atoms with van der Waals surface area (Å²) in [5, 5.41) is 0. The topological polar surface area (TPSA) is 29.3 Å². The molecule has 2 N–H and O–H groups in total. The van der Waals surface area contributed by atoms with Gasteiger partial charge in [0, 0.05) is 6.54 Å². The molecule has 0 aliphatic carbocycles. The summed E-state index contributed by atoms with van der Waals surface area (Å²) in [5.74, 6) is 0. The lowest BCUT2D eigenvalue weighted by Crippen LogP contribution is -2.48. The molecule has 1 unspecified atom stereocenters. The van der Waals surface area contributed by atoms with Gasteiger partial charge in [0.05, 0.1) is 5.54 Å². The smallest absolute Gasteiger partial charge is 0.0579 e. The van der Waals surface area contributed by atoms with E-state index in [0.29, 0.717) is 0 Å². The lowest BCUT2D eigenvalue weighted by Gasteiger charge is -2.34. The van der Waals surface area contributed by atoms with Crippen molar-refractivity contribution in [3.8, 4) is 0 Å². The van der Waals surface area contributed by atoms with E-state index in [-0.39, 0.29) is 5.54 Å². The minimum Gasteiger partial charge on any atom is -0.320 e. The van der Waals surface area contributed by atoms with Crippen molar-refractivity contribution in [3.63, 3.8) is 0 Å². The molecule has 0 aromatic heterocycles. The number of nitrogens with two attached hydrogens (primary N) is 1. The van der Waals surface area contributed by atoms with Gasteiger partial charge in [0.15, 0.2) is 0 Å². The molecule has 1 saturated heterocycles. The largest absolute Gasteiger partial charge is 0.320 e. The summed E-state index contributed by atoms with van der Waals surface area (Å²) in [6, 6.07) is 19.4. The fourth-order valence-corrected chi connectivity index (χ4v) is 3.43. The molecule has 1 aliphatic rings. The molecule has 2 heteroatoms. The third kappa shape index (κ3) is 3.57. The van der Waals surface area contributed by atoms with Crippen molar-refractivity contribution in [3.05, 3.63) is 71.3 Å². The number of likely N-dealkylation sites (tertiary alicyclic amines) is 1. The second-order valence-electron chi connectivity index (χ2n) is 6.67. The van der Waals surface area contributed by atoms with Gasteiger partial charge >= 0.3 is 0 Å². The van der Waals surface area contributed by atoms with Crippen LogP contribution in [0.3, 0.4) is 0 Å². The molecule has 0 radical (unpaired) electrons. The van der Waals surface area contributed by atoms with Gasteiger partial charge in [-0.05, 0) is 50.4 Å². The highest BCUT2D eigenvalue weighted by Crippen LogP contribution is 2.26. The number of hydrogen-bond acceptors (Lipinski definition) is 2. The van der Waals surface area contributed by atoms with E-state index in [9.17, 15) is 0 Å². The Balaban J connectivity index is 1.86. The highest BCUT2D eigenvalue weighted by atomic mass is 15.2. The Labute approximate surface area is 134 Å². The van der Waals surface area contributed by atoms with E-state index in [1.54, 1.807) is 0 Å². The average molecular weight is 294 g/mol. The van der Waals surface area contributed by atoms with E-state index >= 15 is 0 Å². The Morgan fingerprint density at radius 3 is 2.23 bits per heavy atom. The van der Waals surface area contributed by atoms with Crippen LogP contribution in [0.15, 0.2) is 54.6 Å². The van der Waals surface area contributed by atoms with Crippen LogP contribution in [0.1, 0.15) is 29.5 Å². The second kappa shape index (κ2) is 6.64. The Hall–Kier alpha value is -1.64. The first-order chi connectivity index (χ1) is 10.7. The highest BCUT2D eigenvalue weighted by molar-refractivity contribution is 5.30. The summed E-state index contributed by atoms with van der Waals surface area (Å²) in [6.45, 7) is 5.42. The van der Waals surface area contributed by atoms with Crippen LogP contribution in [0.2, 0.25) is 0 Å². The Morgan fingerprint density at radius 2 is 1.59 bits per heavy atom. The lowest BCUT2D eigenvalue weighted by molar-refractivity contribution is 0.245. The van der Waals surface area contributed by atoms with Crippen LogP contribution in [0.5, 0.6) is 0 Å². The van der Waals surface area contributed by atoms with Gasteiger partial charge < -0.3 is 10.6 Å². The van der Waals surface area contributed by atoms with E-state index in [1.807, 2.05) is 0 Å². The molecule has 22 heavy (non-hydrogen) atoms. The minimum absolute atomic E-state index is 0.319. The van der Waals surface area contributed by atoms with Crippen molar-refractivity contribution in [1.29, 1.82) is 0 Å². The highest BCUT2D eigenvalue weighted by Gasteiger charge is 2.31. The summed E-state index contributed by atoms with van der Waals surface area (Å²) >= 11 is 0. The van der Waals surface area contributed by atoms with Crippen molar-refractivity contribution >= 4 is 0 Å². The van der Waals surface area contributed by atoms with Crippen LogP contribution in [-0.2, 0) is 12.0 Å². The summed E-state index contributed by atoms with van der Waals surface area (Å²) < 4.78 is 0. The predicted molar refractivity (Wildman–Crippen MR) is 92.9 cm³/mol. The fraction of sp³-hybridized carbons (Fsp3) is 0.400. The lowest BCUT2D eigenvalue weighted by atomic mass is 9.84. The quantitative estimate of drug-likeness (QED) is 0.914. The van der Waals surface area contributed by atoms with Gasteiger partial charge in [0.2, 0.25) is 0 Å². The van der Waals surface area contributed by atoms with Crippen LogP contribution < -0.4 is 5.73 Å². The molecule has 2 aromatic carbocycles. The number of benzene rings is 2. The molecule has 1 aliphatic heterocycles. The van der Waals surface area contributed by atoms with Gasteiger partial charge in [-0.15, -0.1) is 0 Å². The molecule has 1 atom stereocenters. The summed E-state index contributed by atoms with van der Waals surface area (Å²) in [7, 11) is 0. The van der Waals surface area contributed by atoms with Crippen LogP contribution in [0.4, 0.5) is 0 Å². The number of aryl methyl sites for hydroxylation is 1. The first-order valence-electron chi connectivity index (χ1n) is 8.28. The number of hydrogen-bond donors (Lipinski definition) is 1. The number of rotatable bonds is 5. The monoisotopic (exact) mass is 294 g/mol. The van der Waals surface area contributed by atoms with E-state index in [1.165, 1.54) is 42.6 Å². The molecule has 1 fully saturated rings. The van der Waals surface area contributed by atoms with Crippen LogP contribution >= 0.6 is 0 Å². The van der Waals surface area contributed by atoms with Gasteiger partial charge in [-0.3, -0.25) is 0 Å². The molecule has 0 amide bonds. The Bertz CT molecular complexity index is 585. The first-order valence-corrected chi connectivity index (χ1v) is 8.28. The minimum atomic E-state index is -0.319. The molecule has 2 nitrogen and oxygen atoms in total. The normalized spacial score (nSPS) is 18.3. The third-order valence-electron chi connectivity index (χ3n) is 4.69. The SMILES string of the molecule is Cc1ccc(CC(N)(CN2CCCC2)c2ccccc2)cc1. The van der Waals surface area contributed by atoms with Gasteiger partial charge in [-0.2, -0.15) is 0 Å². The van der Waals surface area contributed by atoms with Crippen LogP contribution in [0, 0.1) is 6.92 Å². The molecule has 0 spiro atoms. The third-order valence-corrected chi connectivity index (χ3v) is 4.69. The predicted octanol–water partition coefficient (Wildman–Crippen LogP) is 3.49. The Kier molecular flexibility index (Phi) is 4.60. The molecule has 116 valence electrons. The fourth-order valence-electron chi connectivity index (χ4n) is 3.43. The number of nitrogens with zero attached hydrogens (tertiary/aromatic N) is 1. The first kappa shape index (κ1) is 15.3. The van der Waals surface area contributed by atoms with Crippen molar-refractivity contribution < 1.29 is 0 Å². The summed E-state index contributed by atoms with van der Waals surface area (Å²) in [6.07, 6.45) is 3.48. The van der Waals surface area contributed by atoms with Gasteiger partial charge in [-0.25, -0.2) is 0 Å². The summed E-state index contributed by atoms with van der Waals surface area (Å²) in [5.41, 5.74) is 10.5. The zero-order chi connectivity index (χ0) is 15.4. The summed E-state index contributed by atoms with van der Waals surface area (Å²) in [4.78, 5) is 2.52. The van der Waals surface area contributed by atoms with Gasteiger partial charge in [0.1, 0.15) is 0 Å². The van der Waals surface area contributed by atoms with Crippen molar-refractivity contribution in [2.75, 3.05) is 19.6 Å². The van der Waals surface area contributed by atoms with Gasteiger partial charge in [0.25, 0.3) is 0 Å². The molecular weight excluding hydrogens is 268 g/mol. The maximum atomic E-state index is 6.93. The standard InChI is InChI=1S/C20H26N2/c1-17-9-11-18(12-10-17)15-20(21,16-22-13-5-6-14-22)19-7-3-2-4-8-19/h2-4,7-12H,5-6,13-16,21H2,1H3. The van der Waals surface area contributed by atoms with E-state index in [0.717, 1.165) is 13.0 Å². The van der Waals surface area contributed by atoms with Crippen LogP contribution in [-0.4, -0.2) is 24.5 Å². The molecule has 3 rings (SSSR count). The van der Waals surface area contributed by atoms with E-state index < -0.39 is 0 Å². The van der Waals surface area contributed by atoms with Crippen molar-refractivity contribution in [2.45, 2.75) is 31.7 Å². The van der Waals surface area contributed by atoms with Gasteiger partial charge in [-0.1, -0.05) is 60.2 Å². The van der Waals surface area contributed by atoms with E-state index in [4.69, 9.17) is 5.73 Å². The molecule has 1 heterocycles. The molecule has 0 saturated carbocycles. The second-order valence-corrected chi connectivity index (χ2v) is 6.67. The zero-order valence-electron chi connectivity index (χ0n) is 13.5. The molecular formula is C20H26N2. The average Bonchev–Trinajstić information content (AvgIpc) is 3.03. The maximum absolute atomic E-state index is 6.93. The molecule has 2 aromatic rings. The zero-order valence-corrected chi connectivity index (χ0v) is 13.5. The van der Waals surface area contributed by atoms with Crippen molar-refractivity contribution in [2.24, 2.45) is 5.73 Å². The van der Waals surface area contributed by atoms with Crippen LogP contribution in [0.25, 0.3) is 0 Å². The maximum Gasteiger partial charge on any atom is 0.0579 e. The molecule has 0 bridgehead atoms. The van der Waals surface area contributed by atoms with E-state index in [2.05, 4.69) is 66.4 Å². The Morgan fingerprint density at radius 1 is 0.955 bits per heavy atom. The van der Waals surface area contributed by atoms with Crippen molar-refractivity contribution in [1.82, 2.24) is 4.90 Å².